The van der Waals surface area contributed by atoms with E-state index in [4.69, 9.17) is 14.2 Å². The van der Waals surface area contributed by atoms with Crippen molar-refractivity contribution in [2.75, 3.05) is 19.8 Å². The minimum atomic E-state index is -1.65. The molecule has 25 heteroatoms. The summed E-state index contributed by atoms with van der Waals surface area (Å²) in [5, 5.41) is 146. The van der Waals surface area contributed by atoms with Gasteiger partial charge in [0.25, 0.3) is 0 Å². The molecule has 3 aliphatic rings. The van der Waals surface area contributed by atoms with Crippen LogP contribution in [0.4, 0.5) is 0 Å². The summed E-state index contributed by atoms with van der Waals surface area (Å²) in [5.74, 6) is 0. The van der Waals surface area contributed by atoms with Crippen LogP contribution in [0.25, 0.3) is 0 Å². The van der Waals surface area contributed by atoms with E-state index in [0.29, 0.717) is 17.1 Å². The van der Waals surface area contributed by atoms with Gasteiger partial charge >= 0.3 is 0 Å². The van der Waals surface area contributed by atoms with Crippen LogP contribution in [0.1, 0.15) is 35.8 Å². The fourth-order valence-electron chi connectivity index (χ4n) is 6.29. The first-order valence-electron chi connectivity index (χ1n) is 16.2. The van der Waals surface area contributed by atoms with Gasteiger partial charge in [0.2, 0.25) is 0 Å². The lowest BCUT2D eigenvalue weighted by Gasteiger charge is -2.39. The maximum Gasteiger partial charge on any atom is 0.180 e. The molecule has 0 saturated carbocycles. The average molecular weight is 747 g/mol. The minimum absolute atomic E-state index is 0.00274. The Bertz CT molecular complexity index is 1410. The normalized spacial score (nSPS) is 38.6. The van der Waals surface area contributed by atoms with Crippen molar-refractivity contribution in [2.24, 2.45) is 0 Å². The van der Waals surface area contributed by atoms with Gasteiger partial charge in [0.15, 0.2) is 18.7 Å². The van der Waals surface area contributed by atoms with Crippen LogP contribution in [0.5, 0.6) is 0 Å². The molecule has 0 aromatic carbocycles. The minimum Gasteiger partial charge on any atom is -0.394 e. The summed E-state index contributed by atoms with van der Waals surface area (Å²) < 4.78 is 20.0. The molecule has 12 N–H and O–H groups in total. The molecule has 0 bridgehead atoms. The first kappa shape index (κ1) is 38.5. The number of hydrogen-bond acceptors (Lipinski definition) is 22. The fraction of sp³-hybridized carbons (Fsp3) is 0.778. The van der Waals surface area contributed by atoms with E-state index in [1.54, 1.807) is 4.90 Å². The lowest BCUT2D eigenvalue weighted by molar-refractivity contribution is -0.254. The molecule has 0 amide bonds. The molecule has 3 aromatic rings. The SMILES string of the molecule is OC[C@H]1O[C@@H](n2cc(CN(Cc3cn([C@@H]4O[C@H](CO)[C@@H](O)[C@H](O)[C@H]4O)nn3)Cc3cn([C@@H]4O[C@H](CO)[C@@H](O)[C@H](O)[C@H]4O)nn3)nn2)[C@H](O)[C@@H](O)[C@@H]1O. The van der Waals surface area contributed by atoms with Crippen molar-refractivity contribution in [2.45, 2.75) is 112 Å². The Morgan fingerprint density at radius 1 is 0.442 bits per heavy atom. The Kier molecular flexibility index (Phi) is 11.9. The molecular weight excluding hydrogens is 704 g/mol. The van der Waals surface area contributed by atoms with Crippen molar-refractivity contribution in [3.05, 3.63) is 35.7 Å². The predicted molar refractivity (Wildman–Crippen MR) is 160 cm³/mol. The highest BCUT2D eigenvalue weighted by molar-refractivity contribution is 5.03. The number of aromatic nitrogens is 9. The zero-order valence-corrected chi connectivity index (χ0v) is 27.2. The highest BCUT2D eigenvalue weighted by atomic mass is 16.6. The topological polar surface area (TPSA) is 366 Å². The van der Waals surface area contributed by atoms with E-state index in [1.807, 2.05) is 0 Å². The average Bonchev–Trinajstić information content (AvgIpc) is 3.91. The number of ether oxygens (including phenoxy) is 3. The third-order valence-corrected chi connectivity index (χ3v) is 9.21. The van der Waals surface area contributed by atoms with E-state index in [1.165, 1.54) is 18.6 Å². The van der Waals surface area contributed by atoms with E-state index >= 15 is 0 Å². The molecule has 0 spiro atoms. The van der Waals surface area contributed by atoms with Crippen LogP contribution in [0.2, 0.25) is 0 Å². The third-order valence-electron chi connectivity index (χ3n) is 9.21. The maximum atomic E-state index is 10.5. The summed E-state index contributed by atoms with van der Waals surface area (Å²) in [4.78, 5) is 1.71. The number of hydrogen-bond donors (Lipinski definition) is 12. The van der Waals surface area contributed by atoms with E-state index < -0.39 is 112 Å². The molecule has 6 heterocycles. The molecule has 52 heavy (non-hydrogen) atoms. The van der Waals surface area contributed by atoms with Gasteiger partial charge in [0.05, 0.1) is 55.5 Å². The van der Waals surface area contributed by atoms with Crippen molar-refractivity contribution in [3.8, 4) is 0 Å². The van der Waals surface area contributed by atoms with Gasteiger partial charge < -0.3 is 75.5 Å². The predicted octanol–water partition coefficient (Wildman–Crippen LogP) is -8.42. The van der Waals surface area contributed by atoms with Crippen molar-refractivity contribution in [1.82, 2.24) is 49.9 Å². The quantitative estimate of drug-likeness (QED) is 0.0818. The fourth-order valence-corrected chi connectivity index (χ4v) is 6.29. The van der Waals surface area contributed by atoms with Crippen molar-refractivity contribution in [1.29, 1.82) is 0 Å². The molecular formula is C27H42N10O15. The summed E-state index contributed by atoms with van der Waals surface area (Å²) in [5.41, 5.74) is 0.874. The summed E-state index contributed by atoms with van der Waals surface area (Å²) in [7, 11) is 0. The van der Waals surface area contributed by atoms with Crippen molar-refractivity contribution < 1.29 is 75.5 Å². The van der Waals surface area contributed by atoms with Gasteiger partial charge in [-0.3, -0.25) is 4.90 Å². The Morgan fingerprint density at radius 3 is 0.962 bits per heavy atom. The summed E-state index contributed by atoms with van der Waals surface area (Å²) in [6.07, 6.45) is -17.9. The van der Waals surface area contributed by atoms with Crippen LogP contribution < -0.4 is 0 Å². The second kappa shape index (κ2) is 16.0. The molecule has 0 unspecified atom stereocenters. The smallest absolute Gasteiger partial charge is 0.180 e. The van der Waals surface area contributed by atoms with Crippen LogP contribution in [0.3, 0.4) is 0 Å². The van der Waals surface area contributed by atoms with Crippen LogP contribution in [0.15, 0.2) is 18.6 Å². The second-order valence-corrected chi connectivity index (χ2v) is 12.9. The number of rotatable bonds is 12. The first-order valence-corrected chi connectivity index (χ1v) is 16.2. The van der Waals surface area contributed by atoms with E-state index in [0.717, 1.165) is 14.0 Å². The highest BCUT2D eigenvalue weighted by Gasteiger charge is 2.47. The van der Waals surface area contributed by atoms with Gasteiger partial charge in [0, 0.05) is 19.6 Å². The van der Waals surface area contributed by atoms with Crippen LogP contribution >= 0.6 is 0 Å². The van der Waals surface area contributed by atoms with Gasteiger partial charge in [-0.1, -0.05) is 15.6 Å². The Hall–Kier alpha value is -3.22. The largest absolute Gasteiger partial charge is 0.394 e. The molecule has 3 aliphatic heterocycles. The number of aliphatic hydroxyl groups is 12. The Morgan fingerprint density at radius 2 is 0.712 bits per heavy atom. The van der Waals surface area contributed by atoms with Crippen molar-refractivity contribution in [3.63, 3.8) is 0 Å². The zero-order valence-electron chi connectivity index (χ0n) is 27.2. The molecule has 3 aromatic heterocycles. The molecule has 6 rings (SSSR count). The molecule has 3 saturated heterocycles. The summed E-state index contributed by atoms with van der Waals surface area (Å²) >= 11 is 0. The number of aliphatic hydroxyl groups excluding tert-OH is 12. The lowest BCUT2D eigenvalue weighted by Crippen LogP contribution is -2.56. The maximum absolute atomic E-state index is 10.5. The molecule has 25 nitrogen and oxygen atoms in total. The molecule has 0 aliphatic carbocycles. The van der Waals surface area contributed by atoms with Gasteiger partial charge in [-0.05, 0) is 0 Å². The number of nitrogens with zero attached hydrogens (tertiary/aromatic N) is 10. The van der Waals surface area contributed by atoms with E-state index in [9.17, 15) is 61.3 Å². The van der Waals surface area contributed by atoms with E-state index in [-0.39, 0.29) is 19.6 Å². The molecule has 290 valence electrons. The van der Waals surface area contributed by atoms with Gasteiger partial charge in [-0.15, -0.1) is 15.3 Å². The van der Waals surface area contributed by atoms with Crippen molar-refractivity contribution >= 4 is 0 Å². The monoisotopic (exact) mass is 746 g/mol. The summed E-state index contributed by atoms with van der Waals surface area (Å²) in [6.45, 7) is -1.95. The van der Waals surface area contributed by atoms with Crippen LogP contribution in [-0.4, -0.2) is 204 Å². The van der Waals surface area contributed by atoms with Gasteiger partial charge in [-0.2, -0.15) is 0 Å². The summed E-state index contributed by atoms with van der Waals surface area (Å²) in [6, 6.07) is 0. The Labute approximate surface area is 292 Å². The first-order chi connectivity index (χ1) is 24.8. The molecule has 15 atom stereocenters. The van der Waals surface area contributed by atoms with Gasteiger partial charge in [0.1, 0.15) is 73.2 Å². The van der Waals surface area contributed by atoms with Crippen LogP contribution in [0, 0.1) is 0 Å². The standard InChI is InChI=1S/C27H42N10O15/c38-7-13-16(41)19(44)22(47)25(50-13)35-4-10(28-31-35)1-34(2-11-5-36(32-29-11)26-23(48)20(45)17(42)14(8-39)51-26)3-12-6-37(33-30-12)27-24(49)21(46)18(43)15(9-40)52-27/h4-6,13-27,38-49H,1-3,7-9H2/t13-,14-,15-,16-,17-,18-,19+,20+,21+,22-,23-,24-,25-,26-,27-/m1/s1. The lowest BCUT2D eigenvalue weighted by atomic mass is 9.98. The molecule has 0 radical (unpaired) electrons. The van der Waals surface area contributed by atoms with Gasteiger partial charge in [-0.25, -0.2) is 14.0 Å². The zero-order chi connectivity index (χ0) is 37.4. The second-order valence-electron chi connectivity index (χ2n) is 12.9. The third kappa shape index (κ3) is 7.57. The van der Waals surface area contributed by atoms with Crippen LogP contribution in [-0.2, 0) is 33.8 Å². The van der Waals surface area contributed by atoms with E-state index in [2.05, 4.69) is 30.9 Å². The Balaban J connectivity index is 1.23. The highest BCUT2D eigenvalue weighted by Crippen LogP contribution is 2.31. The molecule has 3 fully saturated rings.